The molecule has 1 heterocycles. The van der Waals surface area contributed by atoms with E-state index in [4.69, 9.17) is 5.11 Å². The molecule has 1 N–H and O–H groups in total. The highest BCUT2D eigenvalue weighted by atomic mass is 16.4. The molecule has 0 bridgehead atoms. The molecule has 5 nitrogen and oxygen atoms in total. The number of likely N-dealkylation sites (tertiary alicyclic amines) is 1. The number of carbonyl (C=O) groups excluding carboxylic acids is 1. The van der Waals surface area contributed by atoms with Crippen LogP contribution in [0.1, 0.15) is 40.5 Å². The smallest absolute Gasteiger partial charge is 0.323 e. The largest absolute Gasteiger partial charge is 0.480 e. The van der Waals surface area contributed by atoms with Gasteiger partial charge in [-0.15, -0.1) is 0 Å². The summed E-state index contributed by atoms with van der Waals surface area (Å²) in [5.41, 5.74) is 0. The minimum atomic E-state index is -0.935. The lowest BCUT2D eigenvalue weighted by Crippen LogP contribution is -2.45. The second kappa shape index (κ2) is 7.62. The molecule has 0 spiro atoms. The standard InChI is InChI=1S/C15H28N2O3/c1-5-12(4)17(10-14(18)19)15(20)13-6-7-16(9-13)8-11(2)3/h11-13H,5-10H2,1-4H3,(H,18,19)/t12-,13-/m0/s1. The molecule has 1 amide bonds. The van der Waals surface area contributed by atoms with Crippen LogP contribution in [0.4, 0.5) is 0 Å². The fraction of sp³-hybridized carbons (Fsp3) is 0.867. The molecular formula is C15H28N2O3. The Bertz CT molecular complexity index is 344. The van der Waals surface area contributed by atoms with Crippen LogP contribution in [0, 0.1) is 11.8 Å². The first-order chi connectivity index (χ1) is 9.35. The highest BCUT2D eigenvalue weighted by Crippen LogP contribution is 2.21. The molecule has 20 heavy (non-hydrogen) atoms. The summed E-state index contributed by atoms with van der Waals surface area (Å²) < 4.78 is 0. The third-order valence-corrected chi connectivity index (χ3v) is 3.96. The van der Waals surface area contributed by atoms with E-state index in [-0.39, 0.29) is 24.4 Å². The van der Waals surface area contributed by atoms with Crippen molar-refractivity contribution in [1.82, 2.24) is 9.80 Å². The minimum Gasteiger partial charge on any atom is -0.480 e. The molecule has 0 aromatic rings. The van der Waals surface area contributed by atoms with Crippen LogP contribution in [0.2, 0.25) is 0 Å². The molecule has 0 saturated carbocycles. The predicted molar refractivity (Wildman–Crippen MR) is 78.5 cm³/mol. The molecule has 1 fully saturated rings. The van der Waals surface area contributed by atoms with Gasteiger partial charge in [-0.25, -0.2) is 0 Å². The monoisotopic (exact) mass is 284 g/mol. The van der Waals surface area contributed by atoms with Gasteiger partial charge in [-0.1, -0.05) is 20.8 Å². The number of aliphatic carboxylic acids is 1. The first-order valence-corrected chi connectivity index (χ1v) is 7.59. The van der Waals surface area contributed by atoms with Crippen molar-refractivity contribution in [3.05, 3.63) is 0 Å². The molecule has 1 aliphatic rings. The Morgan fingerprint density at radius 3 is 2.50 bits per heavy atom. The van der Waals surface area contributed by atoms with Gasteiger partial charge in [0.1, 0.15) is 6.54 Å². The van der Waals surface area contributed by atoms with E-state index in [1.54, 1.807) is 0 Å². The maximum absolute atomic E-state index is 12.5. The maximum Gasteiger partial charge on any atom is 0.323 e. The molecule has 0 unspecified atom stereocenters. The molecule has 0 aromatic carbocycles. The van der Waals surface area contributed by atoms with E-state index >= 15 is 0 Å². The third kappa shape index (κ3) is 4.78. The van der Waals surface area contributed by atoms with E-state index in [2.05, 4.69) is 18.7 Å². The number of carboxylic acid groups (broad SMARTS) is 1. The first kappa shape index (κ1) is 17.0. The van der Waals surface area contributed by atoms with Crippen molar-refractivity contribution in [3.63, 3.8) is 0 Å². The lowest BCUT2D eigenvalue weighted by Gasteiger charge is -2.29. The van der Waals surface area contributed by atoms with Crippen molar-refractivity contribution in [2.24, 2.45) is 11.8 Å². The van der Waals surface area contributed by atoms with Gasteiger partial charge in [-0.3, -0.25) is 9.59 Å². The fourth-order valence-corrected chi connectivity index (χ4v) is 2.77. The predicted octanol–water partition coefficient (Wildman–Crippen LogP) is 1.68. The molecule has 1 saturated heterocycles. The molecule has 2 atom stereocenters. The summed E-state index contributed by atoms with van der Waals surface area (Å²) in [7, 11) is 0. The average Bonchev–Trinajstić information content (AvgIpc) is 2.81. The molecule has 1 aliphatic heterocycles. The third-order valence-electron chi connectivity index (χ3n) is 3.96. The minimum absolute atomic E-state index is 0.00741. The molecule has 0 aliphatic carbocycles. The van der Waals surface area contributed by atoms with Crippen molar-refractivity contribution in [2.45, 2.75) is 46.6 Å². The van der Waals surface area contributed by atoms with Crippen molar-refractivity contribution < 1.29 is 14.7 Å². The number of carboxylic acids is 1. The van der Waals surface area contributed by atoms with Crippen LogP contribution in [0.25, 0.3) is 0 Å². The van der Waals surface area contributed by atoms with Gasteiger partial charge in [0, 0.05) is 19.1 Å². The summed E-state index contributed by atoms with van der Waals surface area (Å²) >= 11 is 0. The van der Waals surface area contributed by atoms with Crippen molar-refractivity contribution in [2.75, 3.05) is 26.2 Å². The lowest BCUT2D eigenvalue weighted by molar-refractivity contribution is -0.148. The van der Waals surface area contributed by atoms with Crippen LogP contribution >= 0.6 is 0 Å². The van der Waals surface area contributed by atoms with E-state index in [0.29, 0.717) is 5.92 Å². The number of rotatable bonds is 7. The second-order valence-corrected chi connectivity index (χ2v) is 6.26. The van der Waals surface area contributed by atoms with E-state index in [0.717, 1.165) is 32.5 Å². The fourth-order valence-electron chi connectivity index (χ4n) is 2.77. The van der Waals surface area contributed by atoms with Gasteiger partial charge in [0.25, 0.3) is 0 Å². The topological polar surface area (TPSA) is 60.9 Å². The number of hydrogen-bond acceptors (Lipinski definition) is 3. The van der Waals surface area contributed by atoms with E-state index in [1.807, 2.05) is 13.8 Å². The van der Waals surface area contributed by atoms with Gasteiger partial charge in [-0.2, -0.15) is 0 Å². The van der Waals surface area contributed by atoms with Gasteiger partial charge in [0.05, 0.1) is 5.92 Å². The summed E-state index contributed by atoms with van der Waals surface area (Å²) in [6.07, 6.45) is 1.62. The molecule has 0 aromatic heterocycles. The Labute approximate surface area is 121 Å². The van der Waals surface area contributed by atoms with Gasteiger partial charge in [0.15, 0.2) is 0 Å². The Morgan fingerprint density at radius 1 is 1.35 bits per heavy atom. The summed E-state index contributed by atoms with van der Waals surface area (Å²) in [5, 5.41) is 8.99. The summed E-state index contributed by atoms with van der Waals surface area (Å²) in [5.74, 6) is -0.376. The lowest BCUT2D eigenvalue weighted by atomic mass is 10.1. The normalized spacial score (nSPS) is 21.1. The number of nitrogens with zero attached hydrogens (tertiary/aromatic N) is 2. The molecular weight excluding hydrogens is 256 g/mol. The van der Waals surface area contributed by atoms with Crippen molar-refractivity contribution >= 4 is 11.9 Å². The summed E-state index contributed by atoms with van der Waals surface area (Å²) in [4.78, 5) is 27.3. The zero-order valence-electron chi connectivity index (χ0n) is 13.1. The quantitative estimate of drug-likeness (QED) is 0.772. The van der Waals surface area contributed by atoms with Crippen LogP contribution in [-0.2, 0) is 9.59 Å². The number of carbonyl (C=O) groups is 2. The van der Waals surface area contributed by atoms with Crippen LogP contribution in [0.15, 0.2) is 0 Å². The van der Waals surface area contributed by atoms with E-state index in [1.165, 1.54) is 4.90 Å². The SMILES string of the molecule is CC[C@H](C)N(CC(=O)O)C(=O)[C@H]1CCN(CC(C)C)C1. The molecule has 1 rings (SSSR count). The average molecular weight is 284 g/mol. The van der Waals surface area contributed by atoms with Gasteiger partial charge in [-0.05, 0) is 32.2 Å². The van der Waals surface area contributed by atoms with Crippen molar-refractivity contribution in [1.29, 1.82) is 0 Å². The first-order valence-electron chi connectivity index (χ1n) is 7.59. The zero-order valence-corrected chi connectivity index (χ0v) is 13.1. The number of amides is 1. The highest BCUT2D eigenvalue weighted by molar-refractivity contribution is 5.83. The van der Waals surface area contributed by atoms with Gasteiger partial charge in [0.2, 0.25) is 5.91 Å². The van der Waals surface area contributed by atoms with E-state index in [9.17, 15) is 9.59 Å². The summed E-state index contributed by atoms with van der Waals surface area (Å²) in [6.45, 7) is 10.8. The summed E-state index contributed by atoms with van der Waals surface area (Å²) in [6, 6.07) is -0.0160. The Morgan fingerprint density at radius 2 is 2.00 bits per heavy atom. The zero-order chi connectivity index (χ0) is 15.3. The molecule has 116 valence electrons. The highest BCUT2D eigenvalue weighted by Gasteiger charge is 2.33. The van der Waals surface area contributed by atoms with Gasteiger partial charge < -0.3 is 14.9 Å². The second-order valence-electron chi connectivity index (χ2n) is 6.26. The number of hydrogen-bond donors (Lipinski definition) is 1. The van der Waals surface area contributed by atoms with Gasteiger partial charge >= 0.3 is 5.97 Å². The van der Waals surface area contributed by atoms with Crippen LogP contribution in [-0.4, -0.2) is 59.0 Å². The van der Waals surface area contributed by atoms with Crippen LogP contribution in [0.3, 0.4) is 0 Å². The maximum atomic E-state index is 12.5. The molecule has 5 heteroatoms. The Kier molecular flexibility index (Phi) is 6.46. The van der Waals surface area contributed by atoms with E-state index < -0.39 is 5.97 Å². The van der Waals surface area contributed by atoms with Crippen LogP contribution < -0.4 is 0 Å². The molecule has 0 radical (unpaired) electrons. The Balaban J connectivity index is 2.64. The Hall–Kier alpha value is -1.10. The van der Waals surface area contributed by atoms with Crippen LogP contribution in [0.5, 0.6) is 0 Å². The van der Waals surface area contributed by atoms with Crippen molar-refractivity contribution in [3.8, 4) is 0 Å².